The molecule has 0 atom stereocenters. The second-order valence-electron chi connectivity index (χ2n) is 2.52. The molecule has 0 saturated carbocycles. The van der Waals surface area contributed by atoms with Gasteiger partial charge in [0.25, 0.3) is 0 Å². The lowest BCUT2D eigenvalue weighted by Gasteiger charge is -1.96. The SMILES string of the molecule is N#Cc1c[nH]c2cc(=O)cc(Br)n12. The summed E-state index contributed by atoms with van der Waals surface area (Å²) < 4.78 is 2.20. The van der Waals surface area contributed by atoms with E-state index in [2.05, 4.69) is 20.9 Å². The van der Waals surface area contributed by atoms with E-state index < -0.39 is 0 Å². The number of nitriles is 1. The minimum Gasteiger partial charge on any atom is -0.345 e. The number of imidazole rings is 1. The summed E-state index contributed by atoms with van der Waals surface area (Å²) in [5, 5.41) is 8.73. The standard InChI is InChI=1S/C8H4BrN3O/c9-7-1-6(13)2-8-11-4-5(3-10)12(7)8/h1-2,4,11H. The summed E-state index contributed by atoms with van der Waals surface area (Å²) in [6.45, 7) is 0. The topological polar surface area (TPSA) is 61.1 Å². The van der Waals surface area contributed by atoms with Crippen LogP contribution in [0.1, 0.15) is 5.69 Å². The van der Waals surface area contributed by atoms with E-state index in [0.29, 0.717) is 15.9 Å². The molecule has 0 aliphatic heterocycles. The Kier molecular flexibility index (Phi) is 1.71. The molecule has 0 aliphatic carbocycles. The fraction of sp³-hybridized carbons (Fsp3) is 0. The van der Waals surface area contributed by atoms with Gasteiger partial charge in [-0.1, -0.05) is 0 Å². The van der Waals surface area contributed by atoms with Gasteiger partial charge in [0.15, 0.2) is 5.43 Å². The van der Waals surface area contributed by atoms with E-state index in [0.717, 1.165) is 0 Å². The van der Waals surface area contributed by atoms with Crippen LogP contribution in [0.2, 0.25) is 0 Å². The molecule has 2 aromatic rings. The van der Waals surface area contributed by atoms with Crippen LogP contribution >= 0.6 is 15.9 Å². The molecule has 64 valence electrons. The number of H-pyrrole nitrogens is 1. The molecular weight excluding hydrogens is 234 g/mol. The molecule has 2 heterocycles. The summed E-state index contributed by atoms with van der Waals surface area (Å²) in [5.74, 6) is 0. The first-order chi connectivity index (χ1) is 6.22. The van der Waals surface area contributed by atoms with Gasteiger partial charge in [-0.25, -0.2) is 0 Å². The molecule has 13 heavy (non-hydrogen) atoms. The largest absolute Gasteiger partial charge is 0.345 e. The highest BCUT2D eigenvalue weighted by Crippen LogP contribution is 2.12. The zero-order chi connectivity index (χ0) is 9.42. The van der Waals surface area contributed by atoms with Crippen LogP contribution < -0.4 is 5.43 Å². The predicted molar refractivity (Wildman–Crippen MR) is 50.4 cm³/mol. The number of pyridine rings is 1. The van der Waals surface area contributed by atoms with Crippen LogP contribution in [0.15, 0.2) is 27.7 Å². The van der Waals surface area contributed by atoms with E-state index in [4.69, 9.17) is 5.26 Å². The van der Waals surface area contributed by atoms with Crippen molar-refractivity contribution in [3.63, 3.8) is 0 Å². The Morgan fingerprint density at radius 2 is 2.31 bits per heavy atom. The van der Waals surface area contributed by atoms with Crippen molar-refractivity contribution >= 4 is 21.6 Å². The lowest BCUT2D eigenvalue weighted by Crippen LogP contribution is -2.01. The van der Waals surface area contributed by atoms with Crippen LogP contribution in [0.3, 0.4) is 0 Å². The van der Waals surface area contributed by atoms with E-state index in [1.807, 2.05) is 6.07 Å². The maximum Gasteiger partial charge on any atom is 0.184 e. The first-order valence-corrected chi connectivity index (χ1v) is 4.31. The second kappa shape index (κ2) is 2.75. The highest BCUT2D eigenvalue weighted by Gasteiger charge is 2.04. The second-order valence-corrected chi connectivity index (χ2v) is 3.33. The average Bonchev–Trinajstić information content (AvgIpc) is 2.47. The Balaban J connectivity index is 3.00. The lowest BCUT2D eigenvalue weighted by atomic mass is 10.4. The van der Waals surface area contributed by atoms with Crippen LogP contribution in [0.25, 0.3) is 5.65 Å². The Labute approximate surface area is 81.6 Å². The molecule has 0 fully saturated rings. The third-order valence-corrected chi connectivity index (χ3v) is 2.29. The normalized spacial score (nSPS) is 10.2. The summed E-state index contributed by atoms with van der Waals surface area (Å²) in [6, 6.07) is 4.86. The molecule has 0 saturated heterocycles. The number of nitrogens with zero attached hydrogens (tertiary/aromatic N) is 2. The van der Waals surface area contributed by atoms with Gasteiger partial charge < -0.3 is 4.98 Å². The zero-order valence-corrected chi connectivity index (χ0v) is 8.00. The maximum absolute atomic E-state index is 11.1. The van der Waals surface area contributed by atoms with E-state index >= 15 is 0 Å². The molecule has 4 nitrogen and oxygen atoms in total. The minimum absolute atomic E-state index is 0.0989. The number of aromatic amines is 1. The number of nitrogens with one attached hydrogen (secondary N) is 1. The fourth-order valence-corrected chi connectivity index (χ4v) is 1.79. The van der Waals surface area contributed by atoms with Gasteiger partial charge in [0.2, 0.25) is 0 Å². The fourth-order valence-electron chi connectivity index (χ4n) is 1.18. The molecule has 0 spiro atoms. The maximum atomic E-state index is 11.1. The molecule has 1 N–H and O–H groups in total. The molecule has 0 unspecified atom stereocenters. The Morgan fingerprint density at radius 1 is 1.54 bits per heavy atom. The monoisotopic (exact) mass is 237 g/mol. The third-order valence-electron chi connectivity index (χ3n) is 1.71. The van der Waals surface area contributed by atoms with E-state index in [1.54, 1.807) is 10.6 Å². The Bertz CT molecular complexity index is 561. The van der Waals surface area contributed by atoms with Crippen LogP contribution in [-0.4, -0.2) is 9.38 Å². The van der Waals surface area contributed by atoms with Crippen molar-refractivity contribution in [2.24, 2.45) is 0 Å². The summed E-state index contributed by atoms with van der Waals surface area (Å²) in [6.07, 6.45) is 1.56. The number of halogens is 1. The van der Waals surface area contributed by atoms with Crippen LogP contribution in [0.4, 0.5) is 0 Å². The molecule has 5 heteroatoms. The van der Waals surface area contributed by atoms with Crippen LogP contribution in [-0.2, 0) is 0 Å². The quantitative estimate of drug-likeness (QED) is 0.702. The minimum atomic E-state index is -0.0989. The average molecular weight is 238 g/mol. The molecule has 0 aliphatic rings. The molecule has 2 rings (SSSR count). The highest BCUT2D eigenvalue weighted by atomic mass is 79.9. The molecule has 0 radical (unpaired) electrons. The molecule has 2 aromatic heterocycles. The smallest absolute Gasteiger partial charge is 0.184 e. The van der Waals surface area contributed by atoms with Gasteiger partial charge in [-0.15, -0.1) is 0 Å². The lowest BCUT2D eigenvalue weighted by molar-refractivity contribution is 1.11. The Morgan fingerprint density at radius 3 is 3.00 bits per heavy atom. The molecule has 0 aromatic carbocycles. The molecule has 0 bridgehead atoms. The summed E-state index contributed by atoms with van der Waals surface area (Å²) in [5.41, 5.74) is 0.969. The van der Waals surface area contributed by atoms with Gasteiger partial charge in [0, 0.05) is 18.3 Å². The van der Waals surface area contributed by atoms with Crippen molar-refractivity contribution in [1.82, 2.24) is 9.38 Å². The van der Waals surface area contributed by atoms with Gasteiger partial charge in [-0.2, -0.15) is 5.26 Å². The van der Waals surface area contributed by atoms with Crippen molar-refractivity contribution in [2.45, 2.75) is 0 Å². The summed E-state index contributed by atoms with van der Waals surface area (Å²) in [7, 11) is 0. The van der Waals surface area contributed by atoms with Gasteiger partial charge in [-0.05, 0) is 15.9 Å². The molecule has 0 amide bonds. The van der Waals surface area contributed by atoms with Crippen LogP contribution in [0, 0.1) is 11.3 Å². The van der Waals surface area contributed by atoms with Gasteiger partial charge in [0.05, 0.1) is 4.60 Å². The first-order valence-electron chi connectivity index (χ1n) is 3.52. The number of hydrogen-bond acceptors (Lipinski definition) is 2. The number of hydrogen-bond donors (Lipinski definition) is 1. The highest BCUT2D eigenvalue weighted by molar-refractivity contribution is 9.10. The Hall–Kier alpha value is -1.54. The zero-order valence-electron chi connectivity index (χ0n) is 6.41. The van der Waals surface area contributed by atoms with Gasteiger partial charge in [0.1, 0.15) is 17.4 Å². The van der Waals surface area contributed by atoms with Crippen molar-refractivity contribution < 1.29 is 0 Å². The van der Waals surface area contributed by atoms with Crippen LogP contribution in [0.5, 0.6) is 0 Å². The summed E-state index contributed by atoms with van der Waals surface area (Å²) in [4.78, 5) is 13.9. The van der Waals surface area contributed by atoms with Crippen molar-refractivity contribution in [3.05, 3.63) is 38.9 Å². The van der Waals surface area contributed by atoms with E-state index in [-0.39, 0.29) is 5.43 Å². The number of fused-ring (bicyclic) bond motifs is 1. The first kappa shape index (κ1) is 8.08. The van der Waals surface area contributed by atoms with Gasteiger partial charge in [-0.3, -0.25) is 9.20 Å². The number of aromatic nitrogens is 2. The van der Waals surface area contributed by atoms with Crippen molar-refractivity contribution in [3.8, 4) is 6.07 Å². The van der Waals surface area contributed by atoms with Crippen molar-refractivity contribution in [2.75, 3.05) is 0 Å². The summed E-state index contributed by atoms with van der Waals surface area (Å²) >= 11 is 3.21. The predicted octanol–water partition coefficient (Wildman–Crippen LogP) is 1.26. The molecular formula is C8H4BrN3O. The van der Waals surface area contributed by atoms with E-state index in [9.17, 15) is 4.79 Å². The third kappa shape index (κ3) is 1.15. The van der Waals surface area contributed by atoms with Crippen molar-refractivity contribution in [1.29, 1.82) is 5.26 Å². The number of rotatable bonds is 0. The van der Waals surface area contributed by atoms with E-state index in [1.165, 1.54) is 12.1 Å². The van der Waals surface area contributed by atoms with Gasteiger partial charge >= 0.3 is 0 Å².